The molecule has 0 fully saturated rings. The van der Waals surface area contributed by atoms with E-state index in [0.717, 1.165) is 17.8 Å². The minimum atomic E-state index is 0.192. The summed E-state index contributed by atoms with van der Waals surface area (Å²) in [6.07, 6.45) is 1.83. The molecule has 76 valence electrons. The maximum Gasteiger partial charge on any atom is 0.0606 e. The first-order valence-electron chi connectivity index (χ1n) is 4.90. The van der Waals surface area contributed by atoms with Crippen LogP contribution in [0.2, 0.25) is 0 Å². The number of aliphatic hydroxyl groups excluding tert-OH is 1. The molecule has 14 heavy (non-hydrogen) atoms. The second kappa shape index (κ2) is 5.45. The smallest absolute Gasteiger partial charge is 0.0606 e. The molecule has 0 bridgehead atoms. The van der Waals surface area contributed by atoms with Crippen molar-refractivity contribution in [3.63, 3.8) is 0 Å². The number of aliphatic hydroxyl groups is 1. The number of hydrogen-bond donors (Lipinski definition) is 1. The summed E-state index contributed by atoms with van der Waals surface area (Å²) in [5, 5.41) is 8.87. The first kappa shape index (κ1) is 10.8. The Morgan fingerprint density at radius 2 is 2.00 bits per heavy atom. The van der Waals surface area contributed by atoms with Crippen LogP contribution in [0.4, 0.5) is 5.69 Å². The van der Waals surface area contributed by atoms with Crippen LogP contribution in [0, 0.1) is 0 Å². The van der Waals surface area contributed by atoms with Crippen LogP contribution >= 0.6 is 0 Å². The van der Waals surface area contributed by atoms with Gasteiger partial charge < -0.3 is 10.0 Å². The van der Waals surface area contributed by atoms with E-state index in [9.17, 15) is 0 Å². The van der Waals surface area contributed by atoms with E-state index in [-0.39, 0.29) is 6.61 Å². The van der Waals surface area contributed by atoms with E-state index in [4.69, 9.17) is 5.11 Å². The van der Waals surface area contributed by atoms with Crippen LogP contribution in [0.1, 0.15) is 12.5 Å². The molecule has 0 aromatic heterocycles. The average molecular weight is 191 g/mol. The highest BCUT2D eigenvalue weighted by Crippen LogP contribution is 2.15. The van der Waals surface area contributed by atoms with Gasteiger partial charge in [0.1, 0.15) is 0 Å². The van der Waals surface area contributed by atoms with Gasteiger partial charge in [0.2, 0.25) is 0 Å². The molecule has 0 aliphatic heterocycles. The molecule has 0 aliphatic rings. The van der Waals surface area contributed by atoms with Crippen LogP contribution in [0.15, 0.2) is 30.8 Å². The standard InChI is InChI=1S/C12H17NO/c1-3-11-5-7-12(8-6-11)13(4-2)9-10-14/h3,5-8,14H,1,4,9-10H2,2H3. The van der Waals surface area contributed by atoms with Crippen molar-refractivity contribution in [2.75, 3.05) is 24.6 Å². The van der Waals surface area contributed by atoms with Crippen molar-refractivity contribution in [3.8, 4) is 0 Å². The Hall–Kier alpha value is -1.28. The molecule has 0 unspecified atom stereocenters. The van der Waals surface area contributed by atoms with Crippen molar-refractivity contribution in [2.24, 2.45) is 0 Å². The second-order valence-electron chi connectivity index (χ2n) is 3.10. The summed E-state index contributed by atoms with van der Waals surface area (Å²) in [4.78, 5) is 2.13. The molecule has 0 spiro atoms. The summed E-state index contributed by atoms with van der Waals surface area (Å²) in [5.41, 5.74) is 2.26. The third-order valence-electron chi connectivity index (χ3n) is 2.25. The topological polar surface area (TPSA) is 23.5 Å². The van der Waals surface area contributed by atoms with Gasteiger partial charge in [0.15, 0.2) is 0 Å². The highest BCUT2D eigenvalue weighted by Gasteiger charge is 2.01. The van der Waals surface area contributed by atoms with Crippen molar-refractivity contribution in [2.45, 2.75) is 6.92 Å². The molecule has 2 nitrogen and oxygen atoms in total. The predicted octanol–water partition coefficient (Wildman–Crippen LogP) is 2.15. The number of hydrogen-bond acceptors (Lipinski definition) is 2. The van der Waals surface area contributed by atoms with E-state index in [1.165, 1.54) is 0 Å². The van der Waals surface area contributed by atoms with E-state index >= 15 is 0 Å². The normalized spacial score (nSPS) is 9.86. The fraction of sp³-hybridized carbons (Fsp3) is 0.333. The minimum Gasteiger partial charge on any atom is -0.395 e. The lowest BCUT2D eigenvalue weighted by atomic mass is 10.2. The number of anilines is 1. The lowest BCUT2D eigenvalue weighted by Crippen LogP contribution is -2.25. The first-order chi connectivity index (χ1) is 6.81. The lowest BCUT2D eigenvalue weighted by molar-refractivity contribution is 0.302. The van der Waals surface area contributed by atoms with E-state index in [2.05, 4.69) is 30.5 Å². The van der Waals surface area contributed by atoms with Gasteiger partial charge in [-0.2, -0.15) is 0 Å². The zero-order valence-corrected chi connectivity index (χ0v) is 8.61. The molecule has 1 rings (SSSR count). The molecular formula is C12H17NO. The maximum atomic E-state index is 8.87. The predicted molar refractivity (Wildman–Crippen MR) is 61.5 cm³/mol. The molecule has 1 N–H and O–H groups in total. The molecule has 0 saturated heterocycles. The second-order valence-corrected chi connectivity index (χ2v) is 3.10. The average Bonchev–Trinajstić information content (AvgIpc) is 2.26. The van der Waals surface area contributed by atoms with E-state index in [0.29, 0.717) is 6.54 Å². The van der Waals surface area contributed by atoms with Gasteiger partial charge in [-0.05, 0) is 24.6 Å². The lowest BCUT2D eigenvalue weighted by Gasteiger charge is -2.21. The molecule has 1 aromatic rings. The largest absolute Gasteiger partial charge is 0.395 e. The maximum absolute atomic E-state index is 8.87. The minimum absolute atomic E-state index is 0.192. The summed E-state index contributed by atoms with van der Waals surface area (Å²) in [5.74, 6) is 0. The van der Waals surface area contributed by atoms with E-state index in [1.807, 2.05) is 18.2 Å². The van der Waals surface area contributed by atoms with Crippen molar-refractivity contribution in [1.29, 1.82) is 0 Å². The molecular weight excluding hydrogens is 174 g/mol. The van der Waals surface area contributed by atoms with Gasteiger partial charge in [0.25, 0.3) is 0 Å². The first-order valence-corrected chi connectivity index (χ1v) is 4.90. The summed E-state index contributed by atoms with van der Waals surface area (Å²) >= 11 is 0. The number of likely N-dealkylation sites (N-methyl/N-ethyl adjacent to an activating group) is 1. The monoisotopic (exact) mass is 191 g/mol. The molecule has 0 heterocycles. The van der Waals surface area contributed by atoms with Crippen molar-refractivity contribution in [3.05, 3.63) is 36.4 Å². The molecule has 0 radical (unpaired) electrons. The van der Waals surface area contributed by atoms with Crippen LogP contribution in [-0.4, -0.2) is 24.8 Å². The third kappa shape index (κ3) is 2.60. The Labute approximate surface area is 85.5 Å². The molecule has 1 aromatic carbocycles. The van der Waals surface area contributed by atoms with Gasteiger partial charge in [-0.15, -0.1) is 0 Å². The van der Waals surface area contributed by atoms with Crippen LogP contribution in [0.3, 0.4) is 0 Å². The quantitative estimate of drug-likeness (QED) is 0.770. The Morgan fingerprint density at radius 1 is 1.36 bits per heavy atom. The van der Waals surface area contributed by atoms with Crippen LogP contribution in [0.5, 0.6) is 0 Å². The number of nitrogens with zero attached hydrogens (tertiary/aromatic N) is 1. The van der Waals surface area contributed by atoms with Crippen LogP contribution in [-0.2, 0) is 0 Å². The Kier molecular flexibility index (Phi) is 4.20. The molecule has 0 saturated carbocycles. The molecule has 2 heteroatoms. The van der Waals surface area contributed by atoms with Crippen LogP contribution in [0.25, 0.3) is 6.08 Å². The van der Waals surface area contributed by atoms with Gasteiger partial charge in [-0.1, -0.05) is 24.8 Å². The molecule has 0 aliphatic carbocycles. The van der Waals surface area contributed by atoms with Gasteiger partial charge in [-0.3, -0.25) is 0 Å². The molecule has 0 atom stereocenters. The number of benzene rings is 1. The molecule has 0 amide bonds. The van der Waals surface area contributed by atoms with Gasteiger partial charge >= 0.3 is 0 Å². The fourth-order valence-corrected chi connectivity index (χ4v) is 1.41. The van der Waals surface area contributed by atoms with E-state index < -0.39 is 0 Å². The van der Waals surface area contributed by atoms with Gasteiger partial charge in [-0.25, -0.2) is 0 Å². The van der Waals surface area contributed by atoms with Gasteiger partial charge in [0.05, 0.1) is 6.61 Å². The zero-order valence-electron chi connectivity index (χ0n) is 8.61. The summed E-state index contributed by atoms with van der Waals surface area (Å²) in [6, 6.07) is 8.16. The van der Waals surface area contributed by atoms with Crippen molar-refractivity contribution in [1.82, 2.24) is 0 Å². The highest BCUT2D eigenvalue weighted by molar-refractivity contribution is 5.54. The van der Waals surface area contributed by atoms with E-state index in [1.54, 1.807) is 0 Å². The Bertz CT molecular complexity index is 279. The third-order valence-corrected chi connectivity index (χ3v) is 2.25. The Balaban J connectivity index is 2.77. The summed E-state index contributed by atoms with van der Waals surface area (Å²) in [6.45, 7) is 7.58. The highest BCUT2D eigenvalue weighted by atomic mass is 16.3. The summed E-state index contributed by atoms with van der Waals surface area (Å²) < 4.78 is 0. The SMILES string of the molecule is C=Cc1ccc(N(CC)CCO)cc1. The zero-order chi connectivity index (χ0) is 10.4. The van der Waals surface area contributed by atoms with Gasteiger partial charge in [0, 0.05) is 18.8 Å². The van der Waals surface area contributed by atoms with Crippen molar-refractivity contribution >= 4 is 11.8 Å². The van der Waals surface area contributed by atoms with Crippen LogP contribution < -0.4 is 4.90 Å². The fourth-order valence-electron chi connectivity index (χ4n) is 1.41. The van der Waals surface area contributed by atoms with Crippen molar-refractivity contribution < 1.29 is 5.11 Å². The Morgan fingerprint density at radius 3 is 2.43 bits per heavy atom. The summed E-state index contributed by atoms with van der Waals surface area (Å²) in [7, 11) is 0. The number of rotatable bonds is 5.